The van der Waals surface area contributed by atoms with Gasteiger partial charge in [-0.15, -0.1) is 0 Å². The Labute approximate surface area is 111 Å². The molecule has 0 aliphatic rings. The van der Waals surface area contributed by atoms with E-state index < -0.39 is 12.6 Å². The number of hydrogen-bond acceptors (Lipinski definition) is 2. The highest BCUT2D eigenvalue weighted by atomic mass is 19.4. The van der Waals surface area contributed by atoms with Crippen LogP contribution in [0.4, 0.5) is 13.2 Å². The first-order valence-corrected chi connectivity index (χ1v) is 6.05. The number of halogens is 3. The van der Waals surface area contributed by atoms with Gasteiger partial charge in [-0.1, -0.05) is 0 Å². The van der Waals surface area contributed by atoms with E-state index in [4.69, 9.17) is 0 Å². The third kappa shape index (κ3) is 10.2. The summed E-state index contributed by atoms with van der Waals surface area (Å²) in [5.41, 5.74) is 0. The molecule has 0 saturated heterocycles. The van der Waals surface area contributed by atoms with Crippen molar-refractivity contribution in [2.75, 3.05) is 33.7 Å². The Bertz CT molecular complexity index is 303. The predicted molar refractivity (Wildman–Crippen MR) is 68.0 cm³/mol. The molecule has 0 atom stereocenters. The van der Waals surface area contributed by atoms with Gasteiger partial charge in [-0.25, -0.2) is 0 Å². The zero-order chi connectivity index (χ0) is 14.9. The van der Waals surface area contributed by atoms with Gasteiger partial charge in [-0.2, -0.15) is 13.2 Å². The normalized spacial score (nSPS) is 12.2. The van der Waals surface area contributed by atoms with Crippen molar-refractivity contribution in [2.24, 2.45) is 4.99 Å². The first-order chi connectivity index (χ1) is 8.76. The number of nitrogens with one attached hydrogen (secondary N) is 2. The fraction of sp³-hybridized carbons (Fsp3) is 0.818. The molecular weight excluding hydrogens is 261 g/mol. The second-order valence-electron chi connectivity index (χ2n) is 4.09. The number of alkyl halides is 3. The van der Waals surface area contributed by atoms with E-state index in [9.17, 15) is 18.0 Å². The fourth-order valence-electron chi connectivity index (χ4n) is 1.15. The topological polar surface area (TPSA) is 56.7 Å². The second-order valence-corrected chi connectivity index (χ2v) is 4.09. The molecule has 0 aromatic heterocycles. The van der Waals surface area contributed by atoms with Crippen LogP contribution >= 0.6 is 0 Å². The van der Waals surface area contributed by atoms with Gasteiger partial charge in [0.15, 0.2) is 5.96 Å². The summed E-state index contributed by atoms with van der Waals surface area (Å²) in [6, 6.07) is 0. The molecular formula is C11H21F3N4O. The van der Waals surface area contributed by atoms with Crippen molar-refractivity contribution in [3.05, 3.63) is 0 Å². The number of aliphatic imine (C=N–C) groups is 1. The van der Waals surface area contributed by atoms with Crippen LogP contribution in [0.15, 0.2) is 4.99 Å². The van der Waals surface area contributed by atoms with Crippen molar-refractivity contribution in [2.45, 2.75) is 25.9 Å². The summed E-state index contributed by atoms with van der Waals surface area (Å²) in [5.74, 6) is 0.233. The summed E-state index contributed by atoms with van der Waals surface area (Å²) in [5, 5.41) is 5.64. The molecule has 0 aliphatic heterocycles. The minimum Gasteiger partial charge on any atom is -0.357 e. The van der Waals surface area contributed by atoms with Crippen LogP contribution in [0.2, 0.25) is 0 Å². The van der Waals surface area contributed by atoms with Gasteiger partial charge in [0, 0.05) is 33.6 Å². The third-order valence-corrected chi connectivity index (χ3v) is 2.14. The number of nitrogens with zero attached hydrogens (tertiary/aromatic N) is 2. The number of guanidine groups is 1. The molecule has 0 aliphatic carbocycles. The first-order valence-electron chi connectivity index (χ1n) is 6.05. The monoisotopic (exact) mass is 282 g/mol. The molecule has 5 nitrogen and oxygen atoms in total. The molecule has 8 heteroatoms. The number of rotatable bonds is 6. The summed E-state index contributed by atoms with van der Waals surface area (Å²) < 4.78 is 35.9. The lowest BCUT2D eigenvalue weighted by atomic mass is 10.4. The average Bonchev–Trinajstić information content (AvgIpc) is 2.26. The molecule has 0 bridgehead atoms. The van der Waals surface area contributed by atoms with Crippen molar-refractivity contribution in [3.63, 3.8) is 0 Å². The van der Waals surface area contributed by atoms with E-state index in [2.05, 4.69) is 15.6 Å². The second kappa shape index (κ2) is 8.60. The van der Waals surface area contributed by atoms with E-state index in [1.807, 2.05) is 6.92 Å². The lowest BCUT2D eigenvalue weighted by molar-refractivity contribution is -0.132. The van der Waals surface area contributed by atoms with Crippen LogP contribution in [0.5, 0.6) is 0 Å². The van der Waals surface area contributed by atoms with Gasteiger partial charge in [-0.3, -0.25) is 9.79 Å². The highest BCUT2D eigenvalue weighted by molar-refractivity contribution is 5.81. The molecule has 0 fully saturated rings. The predicted octanol–water partition coefficient (Wildman–Crippen LogP) is 0.972. The molecule has 0 spiro atoms. The molecule has 0 aromatic carbocycles. The van der Waals surface area contributed by atoms with Crippen LogP contribution in [0.25, 0.3) is 0 Å². The van der Waals surface area contributed by atoms with Gasteiger partial charge in [0.2, 0.25) is 5.91 Å². The molecule has 1 amide bonds. The van der Waals surface area contributed by atoms with Crippen molar-refractivity contribution < 1.29 is 18.0 Å². The largest absolute Gasteiger partial charge is 0.390 e. The van der Waals surface area contributed by atoms with Crippen LogP contribution in [0.1, 0.15) is 19.8 Å². The third-order valence-electron chi connectivity index (χ3n) is 2.14. The molecule has 0 rings (SSSR count). The molecule has 0 heterocycles. The molecule has 0 saturated carbocycles. The van der Waals surface area contributed by atoms with Crippen molar-refractivity contribution in [1.82, 2.24) is 15.5 Å². The smallest absolute Gasteiger partial charge is 0.357 e. The van der Waals surface area contributed by atoms with Crippen molar-refractivity contribution in [3.8, 4) is 0 Å². The lowest BCUT2D eigenvalue weighted by Crippen LogP contribution is -2.39. The highest BCUT2D eigenvalue weighted by Gasteiger charge is 2.26. The van der Waals surface area contributed by atoms with E-state index in [1.165, 1.54) is 4.90 Å². The Morgan fingerprint density at radius 2 is 1.89 bits per heavy atom. The van der Waals surface area contributed by atoms with Crippen LogP contribution in [0, 0.1) is 0 Å². The first kappa shape index (κ1) is 17.5. The Hall–Kier alpha value is -1.47. The number of carbonyl (C=O) groups is 1. The average molecular weight is 282 g/mol. The number of hydrogen-bond donors (Lipinski definition) is 2. The maximum absolute atomic E-state index is 12.0. The zero-order valence-corrected chi connectivity index (χ0v) is 11.5. The van der Waals surface area contributed by atoms with Crippen LogP contribution in [0.3, 0.4) is 0 Å². The van der Waals surface area contributed by atoms with Crippen molar-refractivity contribution in [1.29, 1.82) is 0 Å². The van der Waals surface area contributed by atoms with Gasteiger partial charge in [-0.05, 0) is 6.92 Å². The fourth-order valence-corrected chi connectivity index (χ4v) is 1.15. The zero-order valence-electron chi connectivity index (χ0n) is 11.5. The highest BCUT2D eigenvalue weighted by Crippen LogP contribution is 2.18. The lowest BCUT2D eigenvalue weighted by Gasteiger charge is -2.13. The molecule has 0 unspecified atom stereocenters. The maximum Gasteiger partial charge on any atom is 0.390 e. The van der Waals surface area contributed by atoms with E-state index in [0.29, 0.717) is 19.0 Å². The summed E-state index contributed by atoms with van der Waals surface area (Å²) in [6.45, 7) is 2.35. The van der Waals surface area contributed by atoms with E-state index in [-0.39, 0.29) is 18.9 Å². The molecule has 2 N–H and O–H groups in total. The number of amides is 1. The Kier molecular flexibility index (Phi) is 7.94. The standard InChI is InChI=1S/C11H21F3N4O/c1-4-15-10(17-8-6-11(12,13)14)16-7-5-9(19)18(2)3/h4-8H2,1-3H3,(H2,15,16,17). The SMILES string of the molecule is CCNC(=NCCC(F)(F)F)NCCC(=O)N(C)C. The van der Waals surface area contributed by atoms with E-state index >= 15 is 0 Å². The van der Waals surface area contributed by atoms with Crippen LogP contribution in [-0.4, -0.2) is 56.7 Å². The van der Waals surface area contributed by atoms with Gasteiger partial charge in [0.05, 0.1) is 13.0 Å². The molecule has 0 aromatic rings. The van der Waals surface area contributed by atoms with Gasteiger partial charge in [0.1, 0.15) is 0 Å². The van der Waals surface area contributed by atoms with Gasteiger partial charge < -0.3 is 15.5 Å². The number of carbonyl (C=O) groups excluding carboxylic acids is 1. The summed E-state index contributed by atoms with van der Waals surface area (Å²) in [4.78, 5) is 16.5. The summed E-state index contributed by atoms with van der Waals surface area (Å²) in [7, 11) is 3.29. The molecule has 112 valence electrons. The van der Waals surface area contributed by atoms with E-state index in [0.717, 1.165) is 0 Å². The van der Waals surface area contributed by atoms with Gasteiger partial charge in [0.25, 0.3) is 0 Å². The Morgan fingerprint density at radius 3 is 2.37 bits per heavy atom. The van der Waals surface area contributed by atoms with Crippen molar-refractivity contribution >= 4 is 11.9 Å². The molecule has 0 radical (unpaired) electrons. The van der Waals surface area contributed by atoms with Crippen LogP contribution in [-0.2, 0) is 4.79 Å². The van der Waals surface area contributed by atoms with Gasteiger partial charge >= 0.3 is 6.18 Å². The Balaban J connectivity index is 4.11. The minimum absolute atomic E-state index is 0.0568. The summed E-state index contributed by atoms with van der Waals surface area (Å²) in [6.07, 6.45) is -4.90. The molecule has 19 heavy (non-hydrogen) atoms. The van der Waals surface area contributed by atoms with E-state index in [1.54, 1.807) is 14.1 Å². The maximum atomic E-state index is 12.0. The van der Waals surface area contributed by atoms with Crippen LogP contribution < -0.4 is 10.6 Å². The summed E-state index contributed by atoms with van der Waals surface area (Å²) >= 11 is 0. The Morgan fingerprint density at radius 1 is 1.26 bits per heavy atom. The minimum atomic E-state index is -4.21. The quantitative estimate of drug-likeness (QED) is 0.564.